The van der Waals surface area contributed by atoms with E-state index in [0.29, 0.717) is 6.54 Å². The maximum absolute atomic E-state index is 12.3. The van der Waals surface area contributed by atoms with Crippen LogP contribution in [0.5, 0.6) is 0 Å². The summed E-state index contributed by atoms with van der Waals surface area (Å²) in [4.78, 5) is 16.8. The zero-order chi connectivity index (χ0) is 16.9. The Balaban J connectivity index is 1.52. The molecule has 1 fully saturated rings. The summed E-state index contributed by atoms with van der Waals surface area (Å²) in [5, 5.41) is 3.03. The van der Waals surface area contributed by atoms with E-state index in [9.17, 15) is 4.79 Å². The molecule has 0 atom stereocenters. The minimum absolute atomic E-state index is 0.0314. The lowest BCUT2D eigenvalue weighted by Gasteiger charge is -2.14. The molecule has 4 heteroatoms. The lowest BCUT2D eigenvalue weighted by atomic mass is 10.1. The fraction of sp³-hybridized carbons (Fsp3) is 0.450. The number of aryl methyl sites for hydroxylation is 2. The van der Waals surface area contributed by atoms with E-state index in [-0.39, 0.29) is 5.91 Å². The fourth-order valence-corrected chi connectivity index (χ4v) is 4.24. The van der Waals surface area contributed by atoms with E-state index in [2.05, 4.69) is 48.3 Å². The highest BCUT2D eigenvalue weighted by Gasteiger charge is 2.12. The van der Waals surface area contributed by atoms with Gasteiger partial charge in [0.15, 0.2) is 0 Å². The Hall–Kier alpha value is -1.65. The van der Waals surface area contributed by atoms with E-state index in [1.165, 1.54) is 41.9 Å². The fourth-order valence-electron chi connectivity index (χ4n) is 3.21. The Morgan fingerprint density at radius 3 is 2.46 bits per heavy atom. The first kappa shape index (κ1) is 17.2. The van der Waals surface area contributed by atoms with Gasteiger partial charge in [0.05, 0.1) is 4.88 Å². The first-order valence-corrected chi connectivity index (χ1v) is 9.65. The van der Waals surface area contributed by atoms with Gasteiger partial charge in [0.25, 0.3) is 5.91 Å². The van der Waals surface area contributed by atoms with Crippen LogP contribution in [0.2, 0.25) is 0 Å². The highest BCUT2D eigenvalue weighted by atomic mass is 32.1. The van der Waals surface area contributed by atoms with Crippen LogP contribution in [-0.4, -0.2) is 23.9 Å². The molecule has 0 saturated carbocycles. The van der Waals surface area contributed by atoms with Crippen LogP contribution in [0.25, 0.3) is 0 Å². The minimum atomic E-state index is 0.0314. The summed E-state index contributed by atoms with van der Waals surface area (Å²) in [6.45, 7) is 8.28. The average molecular weight is 343 g/mol. The molecule has 3 rings (SSSR count). The number of carbonyl (C=O) groups excluding carboxylic acids is 1. The van der Waals surface area contributed by atoms with E-state index < -0.39 is 0 Å². The molecule has 3 nitrogen and oxygen atoms in total. The number of hydrogen-bond acceptors (Lipinski definition) is 3. The van der Waals surface area contributed by atoms with Crippen molar-refractivity contribution in [3.63, 3.8) is 0 Å². The summed E-state index contributed by atoms with van der Waals surface area (Å²) in [7, 11) is 0. The first-order valence-electron chi connectivity index (χ1n) is 8.83. The third-order valence-corrected chi connectivity index (χ3v) is 5.80. The van der Waals surface area contributed by atoms with E-state index in [1.807, 2.05) is 6.07 Å². The number of carbonyl (C=O) groups is 1. The zero-order valence-electron chi connectivity index (χ0n) is 14.6. The molecule has 0 aliphatic carbocycles. The third kappa shape index (κ3) is 4.25. The molecule has 1 amide bonds. The van der Waals surface area contributed by atoms with Crippen LogP contribution in [0.3, 0.4) is 0 Å². The van der Waals surface area contributed by atoms with Crippen molar-refractivity contribution in [2.45, 2.75) is 46.2 Å². The maximum atomic E-state index is 12.3. The van der Waals surface area contributed by atoms with Gasteiger partial charge in [0.1, 0.15) is 0 Å². The second kappa shape index (κ2) is 7.95. The minimum Gasteiger partial charge on any atom is -0.347 e. The van der Waals surface area contributed by atoms with Crippen molar-refractivity contribution >= 4 is 17.2 Å². The highest BCUT2D eigenvalue weighted by Crippen LogP contribution is 2.22. The molecule has 2 heterocycles. The Kier molecular flexibility index (Phi) is 5.69. The maximum Gasteiger partial charge on any atom is 0.261 e. The summed E-state index contributed by atoms with van der Waals surface area (Å²) in [5.74, 6) is 0.0314. The number of nitrogens with one attached hydrogen (secondary N) is 1. The van der Waals surface area contributed by atoms with Crippen molar-refractivity contribution in [3.8, 4) is 0 Å². The average Bonchev–Trinajstić information content (AvgIpc) is 3.23. The number of nitrogens with zero attached hydrogens (tertiary/aromatic N) is 1. The number of rotatable bonds is 6. The number of likely N-dealkylation sites (tertiary alicyclic amines) is 1. The molecule has 1 N–H and O–H groups in total. The van der Waals surface area contributed by atoms with Crippen LogP contribution in [0.1, 0.15) is 51.0 Å². The summed E-state index contributed by atoms with van der Waals surface area (Å²) in [5.41, 5.74) is 3.78. The van der Waals surface area contributed by atoms with Gasteiger partial charge in [0.2, 0.25) is 0 Å². The standard InChI is InChI=1S/C20H26N2OS/c1-3-18-12-19(24-15(18)2)20(23)21-13-16-6-8-17(9-7-16)14-22-10-4-5-11-22/h6-9,12H,3-5,10-11,13-14H2,1-2H3,(H,21,23). The SMILES string of the molecule is CCc1cc(C(=O)NCc2ccc(CN3CCCC3)cc2)sc1C. The van der Waals surface area contributed by atoms with E-state index in [0.717, 1.165) is 23.4 Å². The summed E-state index contributed by atoms with van der Waals surface area (Å²) in [6, 6.07) is 10.6. The molecular weight excluding hydrogens is 316 g/mol. The Morgan fingerprint density at radius 2 is 1.83 bits per heavy atom. The zero-order valence-corrected chi connectivity index (χ0v) is 15.4. The number of amides is 1. The second-order valence-corrected chi connectivity index (χ2v) is 7.78. The molecule has 24 heavy (non-hydrogen) atoms. The molecule has 0 radical (unpaired) electrons. The molecule has 0 unspecified atom stereocenters. The van der Waals surface area contributed by atoms with Gasteiger partial charge in [-0.05, 0) is 62.0 Å². The van der Waals surface area contributed by atoms with Gasteiger partial charge in [-0.15, -0.1) is 11.3 Å². The van der Waals surface area contributed by atoms with Crippen LogP contribution in [0.4, 0.5) is 0 Å². The predicted molar refractivity (Wildman–Crippen MR) is 101 cm³/mol. The van der Waals surface area contributed by atoms with Gasteiger partial charge in [-0.1, -0.05) is 31.2 Å². The topological polar surface area (TPSA) is 32.3 Å². The molecule has 1 aromatic heterocycles. The van der Waals surface area contributed by atoms with Crippen molar-refractivity contribution in [2.75, 3.05) is 13.1 Å². The van der Waals surface area contributed by atoms with E-state index >= 15 is 0 Å². The Morgan fingerprint density at radius 1 is 1.17 bits per heavy atom. The van der Waals surface area contributed by atoms with Gasteiger partial charge in [-0.25, -0.2) is 0 Å². The van der Waals surface area contributed by atoms with Crippen LogP contribution in [-0.2, 0) is 19.5 Å². The van der Waals surface area contributed by atoms with Crippen molar-refractivity contribution < 1.29 is 4.79 Å². The third-order valence-electron chi connectivity index (χ3n) is 4.71. The van der Waals surface area contributed by atoms with Gasteiger partial charge < -0.3 is 5.32 Å². The molecule has 1 aliphatic heterocycles. The molecule has 128 valence electrons. The van der Waals surface area contributed by atoms with Crippen molar-refractivity contribution in [2.24, 2.45) is 0 Å². The molecule has 1 saturated heterocycles. The number of hydrogen-bond donors (Lipinski definition) is 1. The van der Waals surface area contributed by atoms with E-state index in [4.69, 9.17) is 0 Å². The molecule has 1 aromatic carbocycles. The van der Waals surface area contributed by atoms with Gasteiger partial charge in [-0.3, -0.25) is 9.69 Å². The number of benzene rings is 1. The molecule has 0 spiro atoms. The Labute approximate surface area is 148 Å². The van der Waals surface area contributed by atoms with Crippen molar-refractivity contribution in [3.05, 3.63) is 56.8 Å². The molecule has 1 aliphatic rings. The highest BCUT2D eigenvalue weighted by molar-refractivity contribution is 7.14. The summed E-state index contributed by atoms with van der Waals surface area (Å²) < 4.78 is 0. The first-order chi connectivity index (χ1) is 11.7. The largest absolute Gasteiger partial charge is 0.347 e. The molecule has 0 bridgehead atoms. The summed E-state index contributed by atoms with van der Waals surface area (Å²) in [6.07, 6.45) is 3.63. The lowest BCUT2D eigenvalue weighted by Crippen LogP contribution is -2.22. The van der Waals surface area contributed by atoms with Crippen LogP contribution >= 0.6 is 11.3 Å². The molecule has 2 aromatic rings. The van der Waals surface area contributed by atoms with Gasteiger partial charge in [0, 0.05) is 18.0 Å². The van der Waals surface area contributed by atoms with Crippen LogP contribution in [0.15, 0.2) is 30.3 Å². The predicted octanol–water partition coefficient (Wildman–Crippen LogP) is 4.14. The Bertz CT molecular complexity index is 684. The van der Waals surface area contributed by atoms with Crippen molar-refractivity contribution in [1.82, 2.24) is 10.2 Å². The van der Waals surface area contributed by atoms with Gasteiger partial charge in [-0.2, -0.15) is 0 Å². The quantitative estimate of drug-likeness (QED) is 0.855. The monoisotopic (exact) mass is 342 g/mol. The van der Waals surface area contributed by atoms with Crippen LogP contribution < -0.4 is 5.32 Å². The normalized spacial score (nSPS) is 14.9. The molecular formula is C20H26N2OS. The smallest absolute Gasteiger partial charge is 0.261 e. The van der Waals surface area contributed by atoms with Crippen LogP contribution in [0, 0.1) is 6.92 Å². The summed E-state index contributed by atoms with van der Waals surface area (Å²) >= 11 is 1.58. The second-order valence-electron chi connectivity index (χ2n) is 6.53. The lowest BCUT2D eigenvalue weighted by molar-refractivity contribution is 0.0955. The number of thiophene rings is 1. The van der Waals surface area contributed by atoms with E-state index in [1.54, 1.807) is 11.3 Å². The van der Waals surface area contributed by atoms with Gasteiger partial charge >= 0.3 is 0 Å². The van der Waals surface area contributed by atoms with Crippen molar-refractivity contribution in [1.29, 1.82) is 0 Å².